The van der Waals surface area contributed by atoms with Gasteiger partial charge >= 0.3 is 0 Å². The Morgan fingerprint density at radius 3 is 2.36 bits per heavy atom. The van der Waals surface area contributed by atoms with Gasteiger partial charge in [-0.25, -0.2) is 4.39 Å². The summed E-state index contributed by atoms with van der Waals surface area (Å²) in [6, 6.07) is 14.2. The minimum absolute atomic E-state index is 0.00106. The molecule has 2 aromatic rings. The molecule has 4 heteroatoms. The van der Waals surface area contributed by atoms with Crippen LogP contribution in [0.3, 0.4) is 0 Å². The second-order valence-electron chi connectivity index (χ2n) is 5.61. The highest BCUT2D eigenvalue weighted by atomic mass is 35.5. The van der Waals surface area contributed by atoms with E-state index in [-0.39, 0.29) is 24.2 Å². The molecule has 1 saturated carbocycles. The zero-order chi connectivity index (χ0) is 15.5. The molecule has 1 amide bonds. The lowest BCUT2D eigenvalue weighted by Crippen LogP contribution is -2.34. The lowest BCUT2D eigenvalue weighted by atomic mass is 10.1. The van der Waals surface area contributed by atoms with Crippen molar-refractivity contribution < 1.29 is 9.18 Å². The van der Waals surface area contributed by atoms with E-state index in [2.05, 4.69) is 0 Å². The fourth-order valence-corrected chi connectivity index (χ4v) is 2.73. The monoisotopic (exact) mass is 317 g/mol. The Hall–Kier alpha value is -1.87. The molecule has 0 atom stereocenters. The van der Waals surface area contributed by atoms with Gasteiger partial charge in [-0.05, 0) is 30.5 Å². The van der Waals surface area contributed by atoms with Crippen molar-refractivity contribution in [2.24, 2.45) is 0 Å². The first-order chi connectivity index (χ1) is 10.6. The molecule has 22 heavy (non-hydrogen) atoms. The van der Waals surface area contributed by atoms with Crippen LogP contribution in [-0.2, 0) is 17.8 Å². The summed E-state index contributed by atoms with van der Waals surface area (Å²) in [5.74, 6) is -0.266. The summed E-state index contributed by atoms with van der Waals surface area (Å²) in [7, 11) is 0. The van der Waals surface area contributed by atoms with Gasteiger partial charge in [-0.2, -0.15) is 0 Å². The summed E-state index contributed by atoms with van der Waals surface area (Å²) in [4.78, 5) is 14.4. The van der Waals surface area contributed by atoms with E-state index in [4.69, 9.17) is 11.6 Å². The summed E-state index contributed by atoms with van der Waals surface area (Å²) < 4.78 is 13.8. The van der Waals surface area contributed by atoms with Crippen LogP contribution in [-0.4, -0.2) is 16.8 Å². The highest BCUT2D eigenvalue weighted by Crippen LogP contribution is 2.30. The van der Waals surface area contributed by atoms with Gasteiger partial charge in [-0.3, -0.25) is 4.79 Å². The maximum Gasteiger partial charge on any atom is 0.227 e. The summed E-state index contributed by atoms with van der Waals surface area (Å²) in [6.45, 7) is 0.320. The van der Waals surface area contributed by atoms with E-state index in [0.29, 0.717) is 17.1 Å². The molecule has 0 aliphatic heterocycles. The van der Waals surface area contributed by atoms with Crippen molar-refractivity contribution in [3.8, 4) is 0 Å². The van der Waals surface area contributed by atoms with Gasteiger partial charge in [0, 0.05) is 23.2 Å². The molecule has 2 nitrogen and oxygen atoms in total. The number of nitrogens with zero attached hydrogens (tertiary/aromatic N) is 1. The van der Waals surface area contributed by atoms with Crippen LogP contribution in [0, 0.1) is 5.82 Å². The van der Waals surface area contributed by atoms with Gasteiger partial charge in [-0.15, -0.1) is 0 Å². The highest BCUT2D eigenvalue weighted by molar-refractivity contribution is 6.31. The number of hydrogen-bond acceptors (Lipinski definition) is 1. The summed E-state index contributed by atoms with van der Waals surface area (Å²) in [5.41, 5.74) is 1.37. The van der Waals surface area contributed by atoms with Crippen LogP contribution in [0.5, 0.6) is 0 Å². The van der Waals surface area contributed by atoms with Crippen LogP contribution in [0.1, 0.15) is 24.0 Å². The lowest BCUT2D eigenvalue weighted by Gasteiger charge is -2.23. The van der Waals surface area contributed by atoms with Crippen molar-refractivity contribution in [1.29, 1.82) is 0 Å². The van der Waals surface area contributed by atoms with Gasteiger partial charge in [0.1, 0.15) is 5.82 Å². The van der Waals surface area contributed by atoms with Crippen LogP contribution in [0.2, 0.25) is 5.02 Å². The lowest BCUT2D eigenvalue weighted by molar-refractivity contribution is -0.131. The van der Waals surface area contributed by atoms with Gasteiger partial charge in [0.2, 0.25) is 5.91 Å². The molecule has 0 unspecified atom stereocenters. The molecule has 0 heterocycles. The number of hydrogen-bond donors (Lipinski definition) is 0. The normalized spacial score (nSPS) is 13.9. The first-order valence-electron chi connectivity index (χ1n) is 7.41. The molecular formula is C18H17ClFNO. The minimum Gasteiger partial charge on any atom is -0.335 e. The Morgan fingerprint density at radius 2 is 1.73 bits per heavy atom. The van der Waals surface area contributed by atoms with Crippen LogP contribution in [0.25, 0.3) is 0 Å². The fourth-order valence-electron chi connectivity index (χ4n) is 2.52. The van der Waals surface area contributed by atoms with E-state index in [1.54, 1.807) is 29.2 Å². The topological polar surface area (TPSA) is 20.3 Å². The first kappa shape index (κ1) is 15.0. The molecule has 114 valence electrons. The Balaban J connectivity index is 1.75. The predicted octanol–water partition coefficient (Wildman–Crippen LogP) is 4.21. The van der Waals surface area contributed by atoms with Gasteiger partial charge in [0.15, 0.2) is 0 Å². The van der Waals surface area contributed by atoms with Gasteiger partial charge in [0.05, 0.1) is 6.42 Å². The van der Waals surface area contributed by atoms with Gasteiger partial charge in [-0.1, -0.05) is 48.0 Å². The predicted molar refractivity (Wildman–Crippen MR) is 85.1 cm³/mol. The first-order valence-corrected chi connectivity index (χ1v) is 7.79. The van der Waals surface area contributed by atoms with Crippen molar-refractivity contribution in [3.05, 3.63) is 70.5 Å². The molecule has 1 fully saturated rings. The quantitative estimate of drug-likeness (QED) is 0.809. The van der Waals surface area contributed by atoms with Crippen molar-refractivity contribution in [1.82, 2.24) is 4.90 Å². The van der Waals surface area contributed by atoms with Crippen LogP contribution in [0.4, 0.5) is 4.39 Å². The van der Waals surface area contributed by atoms with Crippen molar-refractivity contribution in [2.75, 3.05) is 0 Å². The second kappa shape index (κ2) is 6.49. The Labute approximate surface area is 134 Å². The minimum atomic E-state index is -0.265. The van der Waals surface area contributed by atoms with E-state index < -0.39 is 0 Å². The number of amides is 1. The molecule has 1 aliphatic rings. The van der Waals surface area contributed by atoms with E-state index >= 15 is 0 Å². The van der Waals surface area contributed by atoms with Gasteiger partial charge < -0.3 is 4.90 Å². The summed E-state index contributed by atoms with van der Waals surface area (Å²) >= 11 is 6.12. The van der Waals surface area contributed by atoms with Crippen molar-refractivity contribution in [3.63, 3.8) is 0 Å². The smallest absolute Gasteiger partial charge is 0.227 e. The van der Waals surface area contributed by atoms with Crippen molar-refractivity contribution >= 4 is 17.5 Å². The largest absolute Gasteiger partial charge is 0.335 e. The van der Waals surface area contributed by atoms with Gasteiger partial charge in [0.25, 0.3) is 0 Å². The third kappa shape index (κ3) is 3.47. The molecule has 0 aromatic heterocycles. The molecule has 0 N–H and O–H groups in total. The number of benzene rings is 2. The third-order valence-corrected chi connectivity index (χ3v) is 4.27. The van der Waals surface area contributed by atoms with E-state index in [1.807, 2.05) is 18.2 Å². The number of halogens is 2. The summed E-state index contributed by atoms with van der Waals surface area (Å²) in [6.07, 6.45) is 2.23. The Bertz CT molecular complexity index is 684. The molecule has 0 spiro atoms. The Morgan fingerprint density at radius 1 is 1.09 bits per heavy atom. The SMILES string of the molecule is O=C(Cc1ccccc1Cl)N(Cc1ccccc1F)C1CC1. The average Bonchev–Trinajstić information content (AvgIpc) is 3.33. The maximum absolute atomic E-state index is 13.8. The highest BCUT2D eigenvalue weighted by Gasteiger charge is 2.33. The van der Waals surface area contributed by atoms with Crippen molar-refractivity contribution in [2.45, 2.75) is 31.8 Å². The van der Waals surface area contributed by atoms with Crippen LogP contribution in [0.15, 0.2) is 48.5 Å². The Kier molecular flexibility index (Phi) is 4.44. The zero-order valence-corrected chi connectivity index (χ0v) is 12.9. The number of carbonyl (C=O) groups is 1. The fraction of sp³-hybridized carbons (Fsp3) is 0.278. The molecule has 0 saturated heterocycles. The number of rotatable bonds is 5. The number of carbonyl (C=O) groups excluding carboxylic acids is 1. The van der Waals surface area contributed by atoms with Crippen LogP contribution < -0.4 is 0 Å². The molecule has 0 radical (unpaired) electrons. The van der Waals surface area contributed by atoms with E-state index in [1.165, 1.54) is 6.07 Å². The molecule has 3 rings (SSSR count). The second-order valence-corrected chi connectivity index (χ2v) is 6.02. The molecule has 0 bridgehead atoms. The standard InChI is InChI=1S/C18H17ClFNO/c19-16-7-3-1-5-13(16)11-18(22)21(15-9-10-15)12-14-6-2-4-8-17(14)20/h1-8,15H,9-12H2. The molecular weight excluding hydrogens is 301 g/mol. The molecule has 2 aromatic carbocycles. The molecule has 1 aliphatic carbocycles. The van der Waals surface area contributed by atoms with E-state index in [0.717, 1.165) is 18.4 Å². The summed E-state index contributed by atoms with van der Waals surface area (Å²) in [5, 5.41) is 0.595. The van der Waals surface area contributed by atoms with E-state index in [9.17, 15) is 9.18 Å². The third-order valence-electron chi connectivity index (χ3n) is 3.91. The zero-order valence-electron chi connectivity index (χ0n) is 12.1. The maximum atomic E-state index is 13.8. The van der Waals surface area contributed by atoms with Crippen LogP contribution >= 0.6 is 11.6 Å². The average molecular weight is 318 g/mol.